The van der Waals surface area contributed by atoms with Gasteiger partial charge in [-0.1, -0.05) is 49.2 Å². The molecule has 248 valence electrons. The lowest BCUT2D eigenvalue weighted by Crippen LogP contribution is -2.49. The van der Waals surface area contributed by atoms with Crippen LogP contribution in [0.25, 0.3) is 11.1 Å². The maximum absolute atomic E-state index is 13.5. The number of hydrogen-bond acceptors (Lipinski definition) is 6. The van der Waals surface area contributed by atoms with E-state index in [9.17, 15) is 47.4 Å². The van der Waals surface area contributed by atoms with Crippen molar-refractivity contribution in [2.45, 2.75) is 38.3 Å². The Morgan fingerprint density at radius 3 is 2.06 bits per heavy atom. The summed E-state index contributed by atoms with van der Waals surface area (Å²) in [6, 6.07) is 14.8. The van der Waals surface area contributed by atoms with Crippen molar-refractivity contribution in [3.8, 4) is 11.1 Å². The molecule has 10 nitrogen and oxygen atoms in total. The number of amides is 2. The number of aliphatic carboxylic acids is 2. The number of esters is 1. The summed E-state index contributed by atoms with van der Waals surface area (Å²) in [7, 11) is 2.96. The van der Waals surface area contributed by atoms with Gasteiger partial charge in [0.2, 0.25) is 5.41 Å². The number of rotatable bonds is 11. The number of ether oxygens (including phenoxy) is 1. The van der Waals surface area contributed by atoms with Crippen LogP contribution in [0, 0.1) is 11.3 Å². The van der Waals surface area contributed by atoms with E-state index in [0.717, 1.165) is 12.1 Å². The Morgan fingerprint density at radius 1 is 0.872 bits per heavy atom. The topological polar surface area (TPSA) is 150 Å². The predicted molar refractivity (Wildman–Crippen MR) is 164 cm³/mol. The Labute approximate surface area is 268 Å². The van der Waals surface area contributed by atoms with Crippen molar-refractivity contribution >= 4 is 35.4 Å². The third kappa shape index (κ3) is 7.62. The Balaban J connectivity index is 1.56. The Hall–Kier alpha value is -5.20. The third-order valence-electron chi connectivity index (χ3n) is 8.29. The summed E-state index contributed by atoms with van der Waals surface area (Å²) in [6.45, 7) is -0.850. The van der Waals surface area contributed by atoms with E-state index >= 15 is 0 Å². The minimum Gasteiger partial charge on any atom is -0.480 e. The maximum Gasteiger partial charge on any atom is 0.416 e. The van der Waals surface area contributed by atoms with Crippen molar-refractivity contribution in [3.63, 3.8) is 0 Å². The van der Waals surface area contributed by atoms with Gasteiger partial charge in [0.25, 0.3) is 11.8 Å². The van der Waals surface area contributed by atoms with Crippen LogP contribution in [-0.4, -0.2) is 65.5 Å². The van der Waals surface area contributed by atoms with Crippen LogP contribution in [-0.2, 0) is 31.7 Å². The van der Waals surface area contributed by atoms with E-state index in [0.29, 0.717) is 36.8 Å². The highest BCUT2D eigenvalue weighted by atomic mass is 19.4. The normalized spacial score (nSPS) is 13.6. The molecule has 4 rings (SSSR count). The molecular weight excluding hydrogens is 621 g/mol. The Morgan fingerprint density at radius 2 is 1.49 bits per heavy atom. The molecule has 0 heterocycles. The number of nitrogens with zero attached hydrogens (tertiary/aromatic N) is 1. The lowest BCUT2D eigenvalue weighted by Gasteiger charge is -2.30. The molecule has 1 fully saturated rings. The molecule has 3 N–H and O–H groups in total. The van der Waals surface area contributed by atoms with E-state index in [2.05, 4.69) is 5.32 Å². The second-order valence-electron chi connectivity index (χ2n) is 11.6. The minimum absolute atomic E-state index is 0.0111. The quantitative estimate of drug-likeness (QED) is 0.175. The van der Waals surface area contributed by atoms with Gasteiger partial charge in [-0.2, -0.15) is 13.2 Å². The molecule has 0 unspecified atom stereocenters. The highest BCUT2D eigenvalue weighted by molar-refractivity contribution is 6.12. The zero-order chi connectivity index (χ0) is 34.5. The molecule has 0 bridgehead atoms. The minimum atomic E-state index is -4.52. The first-order chi connectivity index (χ1) is 22.1. The van der Waals surface area contributed by atoms with Gasteiger partial charge in [-0.3, -0.25) is 24.0 Å². The second kappa shape index (κ2) is 14.1. The molecule has 3 aromatic carbocycles. The molecule has 13 heteroatoms. The molecule has 1 aliphatic rings. The third-order valence-corrected chi connectivity index (χ3v) is 8.29. The van der Waals surface area contributed by atoms with Gasteiger partial charge in [0, 0.05) is 19.7 Å². The Bertz CT molecular complexity index is 1670. The number of benzene rings is 3. The first-order valence-electron chi connectivity index (χ1n) is 14.7. The number of nitrogens with one attached hydrogen (secondary N) is 1. The maximum atomic E-state index is 13.5. The van der Waals surface area contributed by atoms with E-state index < -0.39 is 65.8 Å². The van der Waals surface area contributed by atoms with Gasteiger partial charge in [-0.15, -0.1) is 0 Å². The summed E-state index contributed by atoms with van der Waals surface area (Å²) in [4.78, 5) is 64.8. The number of hydrogen-bond donors (Lipinski definition) is 3. The van der Waals surface area contributed by atoms with Crippen molar-refractivity contribution in [2.24, 2.45) is 11.3 Å². The Kier molecular flexibility index (Phi) is 10.4. The number of alkyl halides is 3. The summed E-state index contributed by atoms with van der Waals surface area (Å²) < 4.78 is 44.4. The molecule has 47 heavy (non-hydrogen) atoms. The molecule has 0 saturated heterocycles. The van der Waals surface area contributed by atoms with Crippen LogP contribution in [0.15, 0.2) is 66.7 Å². The van der Waals surface area contributed by atoms with Gasteiger partial charge < -0.3 is 25.2 Å². The second-order valence-corrected chi connectivity index (χ2v) is 11.6. The monoisotopic (exact) mass is 654 g/mol. The highest BCUT2D eigenvalue weighted by Crippen LogP contribution is 2.41. The van der Waals surface area contributed by atoms with E-state index in [1.165, 1.54) is 55.4 Å². The largest absolute Gasteiger partial charge is 0.480 e. The highest BCUT2D eigenvalue weighted by Gasteiger charge is 2.54. The lowest BCUT2D eigenvalue weighted by molar-refractivity contribution is -0.177. The van der Waals surface area contributed by atoms with Crippen LogP contribution in [0.5, 0.6) is 0 Å². The number of carbonyl (C=O) groups is 5. The van der Waals surface area contributed by atoms with Crippen LogP contribution < -0.4 is 5.32 Å². The summed E-state index contributed by atoms with van der Waals surface area (Å²) in [6.07, 6.45) is -2.83. The van der Waals surface area contributed by atoms with Crippen molar-refractivity contribution < 1.29 is 52.1 Å². The van der Waals surface area contributed by atoms with Crippen molar-refractivity contribution in [1.29, 1.82) is 0 Å². The van der Waals surface area contributed by atoms with E-state index in [1.807, 2.05) is 0 Å². The molecule has 0 spiro atoms. The van der Waals surface area contributed by atoms with E-state index in [4.69, 9.17) is 4.74 Å². The SMILES string of the molecule is CN(C)C(=O)c1cc(CC(=O)OCC(C(=O)O)(C(=O)O)C2CCCC2)ccc1NC(=O)c1ccccc1-c1ccc(C(F)(F)F)cc1. The first-order valence-corrected chi connectivity index (χ1v) is 14.7. The molecule has 0 aliphatic heterocycles. The fourth-order valence-corrected chi connectivity index (χ4v) is 5.70. The van der Waals surface area contributed by atoms with E-state index in [1.54, 1.807) is 18.2 Å². The molecule has 2 amide bonds. The number of carbonyl (C=O) groups excluding carboxylic acids is 3. The van der Waals surface area contributed by atoms with Crippen LogP contribution in [0.3, 0.4) is 0 Å². The standard InChI is InChI=1S/C34H33F3N2O8/c1-39(2)30(42)26-17-20(18-28(40)47-19-33(31(43)44,32(45)46)22-7-3-4-8-22)11-16-27(26)38-29(41)25-10-6-5-9-24(25)21-12-14-23(15-13-21)34(35,36)37/h5-6,9-17,22H,3-4,7-8,18-19H2,1-2H3,(H,38,41)(H,43,44)(H,45,46). The van der Waals surface area contributed by atoms with E-state index in [-0.39, 0.29) is 22.4 Å². The zero-order valence-electron chi connectivity index (χ0n) is 25.6. The van der Waals surface area contributed by atoms with Gasteiger partial charge in [-0.05, 0) is 65.8 Å². The fraction of sp³-hybridized carbons (Fsp3) is 0.324. The zero-order valence-corrected chi connectivity index (χ0v) is 25.6. The van der Waals surface area contributed by atoms with Gasteiger partial charge >= 0.3 is 24.1 Å². The molecular formula is C34H33F3N2O8. The number of anilines is 1. The smallest absolute Gasteiger partial charge is 0.416 e. The first kappa shape index (κ1) is 34.7. The van der Waals surface area contributed by atoms with Gasteiger partial charge in [0.05, 0.1) is 23.2 Å². The summed E-state index contributed by atoms with van der Waals surface area (Å²) in [5, 5.41) is 22.3. The summed E-state index contributed by atoms with van der Waals surface area (Å²) in [5.74, 6) is -5.93. The number of halogens is 3. The number of carboxylic acid groups (broad SMARTS) is 2. The van der Waals surface area contributed by atoms with Crippen LogP contribution >= 0.6 is 0 Å². The van der Waals surface area contributed by atoms with Crippen LogP contribution in [0.4, 0.5) is 18.9 Å². The predicted octanol–water partition coefficient (Wildman–Crippen LogP) is 5.76. The van der Waals surface area contributed by atoms with Gasteiger partial charge in [0.15, 0.2) is 0 Å². The van der Waals surface area contributed by atoms with Gasteiger partial charge in [-0.25, -0.2) is 0 Å². The molecule has 0 atom stereocenters. The molecule has 0 aromatic heterocycles. The average molecular weight is 655 g/mol. The van der Waals surface area contributed by atoms with Crippen molar-refractivity contribution in [2.75, 3.05) is 26.0 Å². The summed E-state index contributed by atoms with van der Waals surface area (Å²) >= 11 is 0. The lowest BCUT2D eigenvalue weighted by atomic mass is 9.75. The van der Waals surface area contributed by atoms with Crippen LogP contribution in [0.2, 0.25) is 0 Å². The van der Waals surface area contributed by atoms with Crippen molar-refractivity contribution in [1.82, 2.24) is 4.90 Å². The molecule has 1 saturated carbocycles. The number of carboxylic acids is 2. The van der Waals surface area contributed by atoms with Gasteiger partial charge in [0.1, 0.15) is 6.61 Å². The average Bonchev–Trinajstić information content (AvgIpc) is 3.56. The molecule has 3 aromatic rings. The summed E-state index contributed by atoms with van der Waals surface area (Å²) in [5.41, 5.74) is -1.88. The van der Waals surface area contributed by atoms with Crippen LogP contribution in [0.1, 0.15) is 57.5 Å². The molecule has 0 radical (unpaired) electrons. The van der Waals surface area contributed by atoms with Crippen molar-refractivity contribution in [3.05, 3.63) is 89.0 Å². The molecule has 1 aliphatic carbocycles. The fourth-order valence-electron chi connectivity index (χ4n) is 5.70.